The molecule has 0 aliphatic carbocycles. The predicted octanol–water partition coefficient (Wildman–Crippen LogP) is 3.62. The summed E-state index contributed by atoms with van der Waals surface area (Å²) in [7, 11) is 1.56. The van der Waals surface area contributed by atoms with Gasteiger partial charge in [-0.05, 0) is 12.1 Å². The van der Waals surface area contributed by atoms with Crippen LogP contribution in [0.4, 0.5) is 4.79 Å². The summed E-state index contributed by atoms with van der Waals surface area (Å²) < 4.78 is 17.4. The average Bonchev–Trinajstić information content (AvgIpc) is 3.06. The molecule has 2 aliphatic heterocycles. The standard InChI is InChI=1S/C23H18N2O5/c1-24-25-22(27)28-13-14-7-6-10-17-20(14)21(26)30-23(17)15-8-2-4-11-18(15)29-19-12-5-3-9-16(19)23/h2-12,24H,13H2,1H3,(H,25,27). The molecule has 0 saturated heterocycles. The van der Waals surface area contributed by atoms with Gasteiger partial charge < -0.3 is 14.2 Å². The molecule has 0 aromatic heterocycles. The van der Waals surface area contributed by atoms with Crippen molar-refractivity contribution in [1.29, 1.82) is 0 Å². The Kier molecular flexibility index (Phi) is 4.18. The fourth-order valence-electron chi connectivity index (χ4n) is 4.14. The van der Waals surface area contributed by atoms with E-state index in [1.165, 1.54) is 0 Å². The Morgan fingerprint density at radius 3 is 2.23 bits per heavy atom. The lowest BCUT2D eigenvalue weighted by molar-refractivity contribution is 0.0222. The largest absolute Gasteiger partial charge is 0.456 e. The third-order valence-electron chi connectivity index (χ3n) is 5.32. The summed E-state index contributed by atoms with van der Waals surface area (Å²) in [5.41, 5.74) is 6.89. The highest BCUT2D eigenvalue weighted by Gasteiger charge is 2.53. The first-order valence-corrected chi connectivity index (χ1v) is 9.47. The molecule has 1 amide bonds. The first kappa shape index (κ1) is 18.2. The van der Waals surface area contributed by atoms with E-state index in [9.17, 15) is 9.59 Å². The van der Waals surface area contributed by atoms with Crippen LogP contribution >= 0.6 is 0 Å². The number of hydrogen-bond donors (Lipinski definition) is 2. The summed E-state index contributed by atoms with van der Waals surface area (Å²) in [4.78, 5) is 24.8. The predicted molar refractivity (Wildman–Crippen MR) is 107 cm³/mol. The number of hydrazine groups is 1. The molecule has 30 heavy (non-hydrogen) atoms. The normalized spacial score (nSPS) is 14.8. The third-order valence-corrected chi connectivity index (χ3v) is 5.32. The molecule has 0 bridgehead atoms. The number of fused-ring (bicyclic) bond motifs is 6. The molecule has 150 valence electrons. The topological polar surface area (TPSA) is 85.9 Å². The van der Waals surface area contributed by atoms with Crippen LogP contribution in [0.15, 0.2) is 66.7 Å². The van der Waals surface area contributed by atoms with E-state index in [2.05, 4.69) is 10.9 Å². The molecule has 7 heteroatoms. The minimum absolute atomic E-state index is 0.0678. The molecule has 7 nitrogen and oxygen atoms in total. The first-order valence-electron chi connectivity index (χ1n) is 9.47. The molecule has 2 N–H and O–H groups in total. The monoisotopic (exact) mass is 402 g/mol. The van der Waals surface area contributed by atoms with Crippen LogP contribution in [0.2, 0.25) is 0 Å². The van der Waals surface area contributed by atoms with Gasteiger partial charge in [-0.2, -0.15) is 0 Å². The Bertz CT molecular complexity index is 1130. The molecule has 0 atom stereocenters. The lowest BCUT2D eigenvalue weighted by Crippen LogP contribution is -2.34. The number of benzene rings is 3. The minimum Gasteiger partial charge on any atom is -0.456 e. The smallest absolute Gasteiger partial charge is 0.421 e. The highest BCUT2D eigenvalue weighted by atomic mass is 16.6. The maximum Gasteiger partial charge on any atom is 0.421 e. The van der Waals surface area contributed by atoms with Crippen LogP contribution in [-0.4, -0.2) is 19.1 Å². The lowest BCUT2D eigenvalue weighted by Gasteiger charge is -2.36. The zero-order chi connectivity index (χ0) is 20.7. The Labute approximate surface area is 172 Å². The molecule has 2 aliphatic rings. The summed E-state index contributed by atoms with van der Waals surface area (Å²) in [6, 6.07) is 20.5. The summed E-state index contributed by atoms with van der Waals surface area (Å²) in [5, 5.41) is 0. The number of hydrogen-bond acceptors (Lipinski definition) is 6. The van der Waals surface area contributed by atoms with Gasteiger partial charge in [-0.15, -0.1) is 0 Å². The Hall–Kier alpha value is -3.84. The third kappa shape index (κ3) is 2.56. The Morgan fingerprint density at radius 1 is 0.933 bits per heavy atom. The van der Waals surface area contributed by atoms with Crippen LogP contribution in [0.5, 0.6) is 11.5 Å². The highest BCUT2D eigenvalue weighted by molar-refractivity contribution is 5.98. The van der Waals surface area contributed by atoms with Gasteiger partial charge in [0.25, 0.3) is 0 Å². The highest BCUT2D eigenvalue weighted by Crippen LogP contribution is 2.56. The van der Waals surface area contributed by atoms with Crippen LogP contribution in [-0.2, 0) is 21.7 Å². The van der Waals surface area contributed by atoms with E-state index >= 15 is 0 Å². The van der Waals surface area contributed by atoms with Crippen molar-refractivity contribution in [2.75, 3.05) is 7.05 Å². The number of rotatable bonds is 3. The molecule has 1 spiro atoms. The second kappa shape index (κ2) is 6.89. The van der Waals surface area contributed by atoms with Crippen LogP contribution < -0.4 is 15.6 Å². The number of para-hydroxylation sites is 2. The first-order chi connectivity index (χ1) is 14.6. The van der Waals surface area contributed by atoms with Crippen LogP contribution in [0.1, 0.15) is 32.6 Å². The van der Waals surface area contributed by atoms with Gasteiger partial charge in [0.05, 0.1) is 5.56 Å². The van der Waals surface area contributed by atoms with Crippen molar-refractivity contribution in [3.63, 3.8) is 0 Å². The molecule has 5 rings (SSSR count). The van der Waals surface area contributed by atoms with Crippen molar-refractivity contribution in [3.8, 4) is 11.5 Å². The maximum atomic E-state index is 13.1. The van der Waals surface area contributed by atoms with Gasteiger partial charge in [-0.3, -0.25) is 5.43 Å². The van der Waals surface area contributed by atoms with Gasteiger partial charge >= 0.3 is 12.1 Å². The molecular formula is C23H18N2O5. The van der Waals surface area contributed by atoms with Crippen molar-refractivity contribution >= 4 is 12.1 Å². The molecule has 3 aromatic rings. The number of carbonyl (C=O) groups excluding carboxylic acids is 2. The average molecular weight is 402 g/mol. The van der Waals surface area contributed by atoms with E-state index in [1.54, 1.807) is 13.1 Å². The minimum atomic E-state index is -1.12. The molecule has 0 radical (unpaired) electrons. The summed E-state index contributed by atoms with van der Waals surface area (Å²) in [6.07, 6.45) is -0.641. The van der Waals surface area contributed by atoms with E-state index in [1.807, 2.05) is 60.7 Å². The number of nitrogens with one attached hydrogen (secondary N) is 2. The lowest BCUT2D eigenvalue weighted by atomic mass is 9.77. The maximum absolute atomic E-state index is 13.1. The van der Waals surface area contributed by atoms with Crippen molar-refractivity contribution < 1.29 is 23.8 Å². The van der Waals surface area contributed by atoms with E-state index in [-0.39, 0.29) is 6.61 Å². The van der Waals surface area contributed by atoms with Crippen molar-refractivity contribution in [2.24, 2.45) is 0 Å². The summed E-state index contributed by atoms with van der Waals surface area (Å²) >= 11 is 0. The van der Waals surface area contributed by atoms with E-state index in [4.69, 9.17) is 14.2 Å². The second-order valence-electron chi connectivity index (χ2n) is 6.96. The van der Waals surface area contributed by atoms with E-state index < -0.39 is 17.7 Å². The van der Waals surface area contributed by atoms with Gasteiger partial charge in [-0.1, -0.05) is 54.6 Å². The van der Waals surface area contributed by atoms with Gasteiger partial charge in [0.1, 0.15) is 18.1 Å². The number of carbonyl (C=O) groups is 2. The molecule has 0 unspecified atom stereocenters. The molecular weight excluding hydrogens is 384 g/mol. The van der Waals surface area contributed by atoms with Crippen LogP contribution in [0, 0.1) is 0 Å². The Morgan fingerprint density at radius 2 is 1.57 bits per heavy atom. The fraction of sp³-hybridized carbons (Fsp3) is 0.130. The zero-order valence-electron chi connectivity index (χ0n) is 16.1. The number of amides is 1. The van der Waals surface area contributed by atoms with E-state index in [0.29, 0.717) is 28.2 Å². The van der Waals surface area contributed by atoms with Crippen LogP contribution in [0.25, 0.3) is 0 Å². The molecule has 3 aromatic carbocycles. The Balaban J connectivity index is 1.69. The molecule has 0 saturated carbocycles. The molecule has 2 heterocycles. The van der Waals surface area contributed by atoms with Gasteiger partial charge in [0.2, 0.25) is 0 Å². The quantitative estimate of drug-likeness (QED) is 0.514. The van der Waals surface area contributed by atoms with Crippen molar-refractivity contribution in [1.82, 2.24) is 10.9 Å². The van der Waals surface area contributed by atoms with Gasteiger partial charge in [0.15, 0.2) is 5.60 Å². The van der Waals surface area contributed by atoms with Crippen molar-refractivity contribution in [2.45, 2.75) is 12.2 Å². The summed E-state index contributed by atoms with van der Waals surface area (Å²) in [6.45, 7) is -0.0678. The second-order valence-corrected chi connectivity index (χ2v) is 6.96. The van der Waals surface area contributed by atoms with Crippen LogP contribution in [0.3, 0.4) is 0 Å². The zero-order valence-corrected chi connectivity index (χ0v) is 16.1. The van der Waals surface area contributed by atoms with E-state index in [0.717, 1.165) is 11.1 Å². The SMILES string of the molecule is CNNC(=O)OCc1cccc2c1C(=O)OC21c2ccccc2Oc2ccccc21. The number of ether oxygens (including phenoxy) is 3. The van der Waals surface area contributed by atoms with Crippen molar-refractivity contribution in [3.05, 3.63) is 94.5 Å². The van der Waals surface area contributed by atoms with Gasteiger partial charge in [-0.25, -0.2) is 15.0 Å². The fourth-order valence-corrected chi connectivity index (χ4v) is 4.14. The summed E-state index contributed by atoms with van der Waals surface area (Å²) in [5.74, 6) is 0.795. The van der Waals surface area contributed by atoms with Gasteiger partial charge in [0, 0.05) is 29.3 Å². The molecule has 0 fully saturated rings. The number of esters is 1.